The van der Waals surface area contributed by atoms with Crippen molar-refractivity contribution in [3.05, 3.63) is 0 Å². The van der Waals surface area contributed by atoms with Gasteiger partial charge in [-0.05, 0) is 0 Å². The Morgan fingerprint density at radius 2 is 1.29 bits per heavy atom. The average molecular weight is 280 g/mol. The van der Waals surface area contributed by atoms with Crippen LogP contribution >= 0.6 is 0 Å². The van der Waals surface area contributed by atoms with E-state index in [4.69, 9.17) is 30.3 Å². The maximum absolute atomic E-state index is 10.3. The molecule has 9 nitrogen and oxygen atoms in total. The van der Waals surface area contributed by atoms with Crippen molar-refractivity contribution in [1.29, 1.82) is 0 Å². The smallest absolute Gasteiger partial charge is 1.00 e. The zero-order valence-electron chi connectivity index (χ0n) is 10.6. The van der Waals surface area contributed by atoms with Crippen LogP contribution in [0.2, 0.25) is 0 Å². The second-order valence-electron chi connectivity index (χ2n) is 2.58. The summed E-state index contributed by atoms with van der Waals surface area (Å²) in [5, 5.41) is 40.7. The molecule has 0 radical (unpaired) electrons. The Kier molecular flexibility index (Phi) is 12.9. The van der Waals surface area contributed by atoms with Crippen LogP contribution in [-0.2, 0) is 19.2 Å². The van der Waals surface area contributed by atoms with Gasteiger partial charge < -0.3 is 28.4 Å². The Morgan fingerprint density at radius 1 is 1.06 bits per heavy atom. The van der Waals surface area contributed by atoms with Gasteiger partial charge in [0.15, 0.2) is 5.60 Å². The van der Waals surface area contributed by atoms with Gasteiger partial charge in [0.1, 0.15) is 0 Å². The minimum Gasteiger partial charge on any atom is -1.00 e. The summed E-state index contributed by atoms with van der Waals surface area (Å²) in [5.41, 5.74) is -2.74. The Balaban J connectivity index is -0.0000000992. The molecule has 0 fully saturated rings. The van der Waals surface area contributed by atoms with Crippen LogP contribution in [0.1, 0.15) is 15.7 Å². The van der Waals surface area contributed by atoms with Crippen molar-refractivity contribution in [2.75, 3.05) is 0 Å². The molecule has 0 heterocycles. The first-order chi connectivity index (χ1) is 7.19. The van der Waals surface area contributed by atoms with Crippen LogP contribution in [-0.4, -0.2) is 93.3 Å². The molecule has 0 rings (SSSR count). The first-order valence-corrected chi connectivity index (χ1v) is 3.66. The topological polar surface area (TPSA) is 169 Å². The minimum absolute atomic E-state index is 0. The summed E-state index contributed by atoms with van der Waals surface area (Å²) >= 11 is 0. The summed E-state index contributed by atoms with van der Waals surface area (Å²) in [6, 6.07) is 0. The third-order valence-corrected chi connectivity index (χ3v) is 1.29. The average Bonchev–Trinajstić information content (AvgIpc) is 2.01. The fourth-order valence-electron chi connectivity index (χ4n) is 0.714. The van der Waals surface area contributed by atoms with Crippen LogP contribution in [0.3, 0.4) is 0 Å². The van der Waals surface area contributed by atoms with E-state index in [0.717, 1.165) is 0 Å². The van der Waals surface area contributed by atoms with Gasteiger partial charge in [0.05, 0.1) is 12.8 Å². The minimum atomic E-state index is -2.74. The van der Waals surface area contributed by atoms with E-state index in [0.29, 0.717) is 0 Å². The van der Waals surface area contributed by atoms with E-state index in [1.165, 1.54) is 0 Å². The van der Waals surface area contributed by atoms with Crippen LogP contribution < -0.4 is 0 Å². The van der Waals surface area contributed by atoms with Gasteiger partial charge in [0.2, 0.25) is 0 Å². The second kappa shape index (κ2) is 10.3. The maximum atomic E-state index is 10.3. The van der Waals surface area contributed by atoms with E-state index >= 15 is 0 Å². The van der Waals surface area contributed by atoms with E-state index in [9.17, 15) is 14.4 Å². The van der Waals surface area contributed by atoms with Gasteiger partial charge in [-0.2, -0.15) is 0 Å². The van der Waals surface area contributed by atoms with E-state index in [2.05, 4.69) is 0 Å². The van der Waals surface area contributed by atoms with Gasteiger partial charge in [0, 0.05) is 0 Å². The standard InChI is InChI=1S/C6H8O7.CH2O2.Ca.2H/c7-3(8)1-6(13,5(11)12)2-4(9)10;2-1-3;;;/h13H,1-2H2,(H,7,8)(H,9,10)(H,11,12);1H,(H,2,3);;;/q;;+2;2*-1. The van der Waals surface area contributed by atoms with Crippen molar-refractivity contribution in [2.45, 2.75) is 18.4 Å². The fraction of sp³-hybridized carbons (Fsp3) is 0.429. The van der Waals surface area contributed by atoms with Gasteiger partial charge in [-0.15, -0.1) is 0 Å². The van der Waals surface area contributed by atoms with Crippen LogP contribution in [0, 0.1) is 0 Å². The summed E-state index contributed by atoms with van der Waals surface area (Å²) in [6.45, 7) is -0.250. The molecule has 0 amide bonds. The predicted molar refractivity (Wildman–Crippen MR) is 53.8 cm³/mol. The Bertz CT molecular complexity index is 280. The molecule has 96 valence electrons. The molecule has 0 unspecified atom stereocenters. The zero-order chi connectivity index (χ0) is 13.4. The van der Waals surface area contributed by atoms with E-state index < -0.39 is 36.4 Å². The Labute approximate surface area is 128 Å². The van der Waals surface area contributed by atoms with Crippen molar-refractivity contribution in [3.8, 4) is 0 Å². The monoisotopic (exact) mass is 280 g/mol. The second-order valence-corrected chi connectivity index (χ2v) is 2.58. The molecule has 0 aliphatic carbocycles. The van der Waals surface area contributed by atoms with Crippen molar-refractivity contribution in [1.82, 2.24) is 0 Å². The van der Waals surface area contributed by atoms with Gasteiger partial charge in [-0.25, -0.2) is 4.79 Å². The van der Waals surface area contributed by atoms with E-state index in [1.54, 1.807) is 0 Å². The molecule has 0 aliphatic rings. The summed E-state index contributed by atoms with van der Waals surface area (Å²) in [7, 11) is 0. The van der Waals surface area contributed by atoms with Gasteiger partial charge in [0.25, 0.3) is 6.47 Å². The molecule has 0 aromatic rings. The molecule has 0 aromatic heterocycles. The molecule has 0 saturated heterocycles. The molecule has 0 aliphatic heterocycles. The number of carboxylic acids is 3. The largest absolute Gasteiger partial charge is 2.00 e. The molecule has 5 N–H and O–H groups in total. The first kappa shape index (κ1) is 21.4. The Hall–Kier alpha value is -0.900. The van der Waals surface area contributed by atoms with Crippen LogP contribution in [0.5, 0.6) is 0 Å². The van der Waals surface area contributed by atoms with Gasteiger partial charge in [-0.1, -0.05) is 0 Å². The van der Waals surface area contributed by atoms with Gasteiger partial charge in [-0.3, -0.25) is 14.4 Å². The SMILES string of the molecule is O=C(O)CC(O)(CC(=O)O)C(=O)O.O=CO.[Ca+2].[H-].[H-]. The molecule has 0 spiro atoms. The quantitative estimate of drug-likeness (QED) is 0.291. The zero-order valence-corrected chi connectivity index (χ0v) is 10.8. The first-order valence-electron chi connectivity index (χ1n) is 3.66. The molecule has 0 aromatic carbocycles. The van der Waals surface area contributed by atoms with Crippen LogP contribution in [0.15, 0.2) is 0 Å². The summed E-state index contributed by atoms with van der Waals surface area (Å²) < 4.78 is 0. The predicted octanol–water partition coefficient (Wildman–Crippen LogP) is -1.70. The normalized spacial score (nSPS) is 9.00. The molecule has 10 heteroatoms. The third kappa shape index (κ3) is 11.4. The molecule has 0 atom stereocenters. The molecular formula is C7H12CaO9. The Morgan fingerprint density at radius 3 is 1.41 bits per heavy atom. The molecule has 0 bridgehead atoms. The molecular weight excluding hydrogens is 268 g/mol. The van der Waals surface area contributed by atoms with Crippen LogP contribution in [0.4, 0.5) is 0 Å². The van der Waals surface area contributed by atoms with Crippen LogP contribution in [0.25, 0.3) is 0 Å². The molecule has 17 heavy (non-hydrogen) atoms. The van der Waals surface area contributed by atoms with Crippen molar-refractivity contribution >= 4 is 62.1 Å². The van der Waals surface area contributed by atoms with E-state index in [1.807, 2.05) is 0 Å². The van der Waals surface area contributed by atoms with Crippen molar-refractivity contribution in [3.63, 3.8) is 0 Å². The maximum Gasteiger partial charge on any atom is 2.00 e. The summed E-state index contributed by atoms with van der Waals surface area (Å²) in [5.74, 6) is -5.02. The fourth-order valence-corrected chi connectivity index (χ4v) is 0.714. The number of carboxylic acid groups (broad SMARTS) is 4. The van der Waals surface area contributed by atoms with Crippen molar-refractivity contribution in [2.24, 2.45) is 0 Å². The number of carbonyl (C=O) groups is 4. The molecule has 0 saturated carbocycles. The number of rotatable bonds is 5. The number of hydrogen-bond donors (Lipinski definition) is 5. The number of aliphatic hydroxyl groups is 1. The summed E-state index contributed by atoms with van der Waals surface area (Å²) in [4.78, 5) is 38.8. The summed E-state index contributed by atoms with van der Waals surface area (Å²) in [6.07, 6.45) is -2.29. The third-order valence-electron chi connectivity index (χ3n) is 1.29. The van der Waals surface area contributed by atoms with Crippen molar-refractivity contribution < 1.29 is 47.6 Å². The number of aliphatic carboxylic acids is 3. The van der Waals surface area contributed by atoms with Gasteiger partial charge >= 0.3 is 55.6 Å². The number of hydrogen-bond acceptors (Lipinski definition) is 5. The van der Waals surface area contributed by atoms with E-state index in [-0.39, 0.29) is 47.1 Å².